The minimum Gasteiger partial charge on any atom is -0.506 e. The minimum atomic E-state index is -0.609. The van der Waals surface area contributed by atoms with Gasteiger partial charge in [-0.25, -0.2) is 4.79 Å². The molecule has 2 amide bonds. The predicted molar refractivity (Wildman–Crippen MR) is 69.2 cm³/mol. The van der Waals surface area contributed by atoms with Crippen molar-refractivity contribution in [1.29, 1.82) is 0 Å². The molecule has 1 fully saturated rings. The molecule has 0 aromatic heterocycles. The molecular formula is C12H15N3O4. The van der Waals surface area contributed by atoms with Gasteiger partial charge < -0.3 is 15.7 Å². The number of benzene rings is 1. The Morgan fingerprint density at radius 1 is 1.37 bits per heavy atom. The maximum absolute atomic E-state index is 11.7. The first-order valence-electron chi connectivity index (χ1n) is 6.11. The number of carbonyl (C=O) groups excluding carboxylic acids is 1. The molecule has 0 atom stereocenters. The number of nitro benzene ring substituents is 1. The van der Waals surface area contributed by atoms with Crippen LogP contribution in [0.2, 0.25) is 0 Å². The normalized spacial score (nSPS) is 15.2. The molecule has 1 aromatic carbocycles. The van der Waals surface area contributed by atoms with E-state index in [4.69, 9.17) is 0 Å². The summed E-state index contributed by atoms with van der Waals surface area (Å²) in [5, 5.41) is 25.4. The van der Waals surface area contributed by atoms with Crippen LogP contribution in [0.3, 0.4) is 0 Å². The lowest BCUT2D eigenvalue weighted by Crippen LogP contribution is -2.36. The van der Waals surface area contributed by atoms with Crippen LogP contribution < -0.4 is 10.6 Å². The van der Waals surface area contributed by atoms with Gasteiger partial charge in [0.1, 0.15) is 5.75 Å². The van der Waals surface area contributed by atoms with Gasteiger partial charge >= 0.3 is 6.03 Å². The van der Waals surface area contributed by atoms with Crippen molar-refractivity contribution in [1.82, 2.24) is 5.32 Å². The summed E-state index contributed by atoms with van der Waals surface area (Å²) >= 11 is 0. The zero-order valence-corrected chi connectivity index (χ0v) is 10.3. The van der Waals surface area contributed by atoms with Crippen LogP contribution in [-0.2, 0) is 0 Å². The standard InChI is InChI=1S/C12H15N3O4/c16-11-7-9(15(18)19)5-6-10(11)14-12(17)13-8-3-1-2-4-8/h5-8,16H,1-4H2,(H2,13,14,17). The van der Waals surface area contributed by atoms with Gasteiger partial charge in [0.05, 0.1) is 16.7 Å². The lowest BCUT2D eigenvalue weighted by molar-refractivity contribution is -0.384. The molecule has 7 heteroatoms. The fourth-order valence-electron chi connectivity index (χ4n) is 2.15. The van der Waals surface area contributed by atoms with E-state index in [0.29, 0.717) is 0 Å². The number of rotatable bonds is 3. The van der Waals surface area contributed by atoms with E-state index in [0.717, 1.165) is 31.7 Å². The Bertz CT molecular complexity index is 498. The van der Waals surface area contributed by atoms with Crippen molar-refractivity contribution in [2.24, 2.45) is 0 Å². The number of hydrogen-bond donors (Lipinski definition) is 3. The summed E-state index contributed by atoms with van der Waals surface area (Å²) < 4.78 is 0. The molecule has 0 aliphatic heterocycles. The molecule has 1 aliphatic carbocycles. The van der Waals surface area contributed by atoms with Crippen LogP contribution in [-0.4, -0.2) is 22.1 Å². The van der Waals surface area contributed by atoms with Crippen molar-refractivity contribution in [3.63, 3.8) is 0 Å². The first-order valence-corrected chi connectivity index (χ1v) is 6.11. The number of urea groups is 1. The second-order valence-corrected chi connectivity index (χ2v) is 4.54. The van der Waals surface area contributed by atoms with Crippen LogP contribution in [0.15, 0.2) is 18.2 Å². The average molecular weight is 265 g/mol. The number of amides is 2. The second kappa shape index (κ2) is 5.55. The maximum Gasteiger partial charge on any atom is 0.319 e. The second-order valence-electron chi connectivity index (χ2n) is 4.54. The van der Waals surface area contributed by atoms with Gasteiger partial charge in [-0.3, -0.25) is 10.1 Å². The van der Waals surface area contributed by atoms with Crippen LogP contribution in [0.1, 0.15) is 25.7 Å². The minimum absolute atomic E-state index is 0.154. The average Bonchev–Trinajstić information content (AvgIpc) is 2.84. The molecule has 19 heavy (non-hydrogen) atoms. The number of anilines is 1. The number of non-ortho nitro benzene ring substituents is 1. The molecule has 0 saturated heterocycles. The first-order chi connectivity index (χ1) is 9.06. The van der Waals surface area contributed by atoms with Crippen molar-refractivity contribution >= 4 is 17.4 Å². The van der Waals surface area contributed by atoms with E-state index < -0.39 is 11.0 Å². The third-order valence-corrected chi connectivity index (χ3v) is 3.13. The summed E-state index contributed by atoms with van der Waals surface area (Å²) in [6.07, 6.45) is 4.13. The van der Waals surface area contributed by atoms with E-state index in [1.165, 1.54) is 12.1 Å². The number of phenolic OH excluding ortho intramolecular Hbond substituents is 1. The Kier molecular flexibility index (Phi) is 3.84. The highest BCUT2D eigenvalue weighted by atomic mass is 16.6. The van der Waals surface area contributed by atoms with Crippen LogP contribution in [0.5, 0.6) is 5.75 Å². The topological polar surface area (TPSA) is 104 Å². The van der Waals surface area contributed by atoms with Crippen LogP contribution >= 0.6 is 0 Å². The SMILES string of the molecule is O=C(Nc1ccc([N+](=O)[O-])cc1O)NC1CCCC1. The van der Waals surface area contributed by atoms with Gasteiger partial charge in [0, 0.05) is 12.1 Å². The Labute approximate surface area is 109 Å². The Balaban J connectivity index is 1.98. The lowest BCUT2D eigenvalue weighted by atomic mass is 10.2. The predicted octanol–water partition coefficient (Wildman–Crippen LogP) is 2.36. The number of phenols is 1. The van der Waals surface area contributed by atoms with Crippen LogP contribution in [0, 0.1) is 10.1 Å². The third-order valence-electron chi connectivity index (χ3n) is 3.13. The monoisotopic (exact) mass is 265 g/mol. The Morgan fingerprint density at radius 3 is 2.63 bits per heavy atom. The van der Waals surface area contributed by atoms with E-state index in [1.54, 1.807) is 0 Å². The van der Waals surface area contributed by atoms with Gasteiger partial charge in [0.25, 0.3) is 5.69 Å². The lowest BCUT2D eigenvalue weighted by Gasteiger charge is -2.13. The summed E-state index contributed by atoms with van der Waals surface area (Å²) in [5.41, 5.74) is -0.0691. The molecule has 1 aliphatic rings. The number of nitrogens with one attached hydrogen (secondary N) is 2. The maximum atomic E-state index is 11.7. The Morgan fingerprint density at radius 2 is 2.05 bits per heavy atom. The van der Waals surface area contributed by atoms with Crippen LogP contribution in [0.4, 0.5) is 16.2 Å². The van der Waals surface area contributed by atoms with Crippen molar-refractivity contribution in [3.8, 4) is 5.75 Å². The van der Waals surface area contributed by atoms with E-state index in [9.17, 15) is 20.0 Å². The molecule has 1 aromatic rings. The largest absolute Gasteiger partial charge is 0.506 e. The molecule has 2 rings (SSSR count). The van der Waals surface area contributed by atoms with E-state index >= 15 is 0 Å². The summed E-state index contributed by atoms with van der Waals surface area (Å²) in [7, 11) is 0. The van der Waals surface area contributed by atoms with Gasteiger partial charge in [-0.15, -0.1) is 0 Å². The fraction of sp³-hybridized carbons (Fsp3) is 0.417. The molecule has 0 spiro atoms. The van der Waals surface area contributed by atoms with Crippen molar-refractivity contribution in [2.75, 3.05) is 5.32 Å². The van der Waals surface area contributed by atoms with Gasteiger partial charge in [0.2, 0.25) is 0 Å². The van der Waals surface area contributed by atoms with Gasteiger partial charge in [-0.1, -0.05) is 12.8 Å². The summed E-state index contributed by atoms with van der Waals surface area (Å²) in [6, 6.07) is 3.30. The van der Waals surface area contributed by atoms with Crippen molar-refractivity contribution < 1.29 is 14.8 Å². The molecular weight excluding hydrogens is 250 g/mol. The first kappa shape index (κ1) is 13.1. The third kappa shape index (κ3) is 3.34. The van der Waals surface area contributed by atoms with Crippen molar-refractivity contribution in [2.45, 2.75) is 31.7 Å². The number of carbonyl (C=O) groups is 1. The summed E-state index contributed by atoms with van der Waals surface area (Å²) in [6.45, 7) is 0. The Hall–Kier alpha value is -2.31. The number of hydrogen-bond acceptors (Lipinski definition) is 4. The molecule has 0 radical (unpaired) electrons. The highest BCUT2D eigenvalue weighted by molar-refractivity contribution is 5.91. The van der Waals surface area contributed by atoms with Gasteiger partial charge in [-0.2, -0.15) is 0 Å². The van der Waals surface area contributed by atoms with Crippen molar-refractivity contribution in [3.05, 3.63) is 28.3 Å². The molecule has 3 N–H and O–H groups in total. The number of nitro groups is 1. The molecule has 102 valence electrons. The van der Waals surface area contributed by atoms with Gasteiger partial charge in [-0.05, 0) is 18.9 Å². The van der Waals surface area contributed by atoms with E-state index in [1.807, 2.05) is 0 Å². The molecule has 0 unspecified atom stereocenters. The number of nitrogens with zero attached hydrogens (tertiary/aromatic N) is 1. The highest BCUT2D eigenvalue weighted by Crippen LogP contribution is 2.27. The van der Waals surface area contributed by atoms with E-state index in [2.05, 4.69) is 10.6 Å². The highest BCUT2D eigenvalue weighted by Gasteiger charge is 2.18. The zero-order valence-electron chi connectivity index (χ0n) is 10.3. The molecule has 1 saturated carbocycles. The summed E-state index contributed by atoms with van der Waals surface area (Å²) in [5.74, 6) is -0.323. The molecule has 7 nitrogen and oxygen atoms in total. The van der Waals surface area contributed by atoms with Gasteiger partial charge in [0.15, 0.2) is 0 Å². The fourth-order valence-corrected chi connectivity index (χ4v) is 2.15. The smallest absolute Gasteiger partial charge is 0.319 e. The summed E-state index contributed by atoms with van der Waals surface area (Å²) in [4.78, 5) is 21.6. The van der Waals surface area contributed by atoms with Crippen LogP contribution in [0.25, 0.3) is 0 Å². The zero-order chi connectivity index (χ0) is 13.8. The molecule has 0 bridgehead atoms. The van der Waals surface area contributed by atoms with E-state index in [-0.39, 0.29) is 23.2 Å². The number of aromatic hydroxyl groups is 1. The quantitative estimate of drug-likeness (QED) is 0.443. The molecule has 0 heterocycles.